The molecule has 16 heteroatoms. The van der Waals surface area contributed by atoms with Gasteiger partial charge in [-0.05, 0) is 20.8 Å². The molecule has 0 spiro atoms. The van der Waals surface area contributed by atoms with Crippen LogP contribution >= 0.6 is 0 Å². The molecule has 0 rings (SSSR count). The second-order valence-corrected chi connectivity index (χ2v) is 5.60. The van der Waals surface area contributed by atoms with E-state index in [1.807, 2.05) is 0 Å². The first-order valence-electron chi connectivity index (χ1n) is 4.99. The molecule has 0 aromatic carbocycles. The molecule has 1 radical (unpaired) electrons. The zero-order valence-electron chi connectivity index (χ0n) is 11.7. The average molecular weight is 526 g/mol. The largest absolute Gasteiger partial charge is 3.00 e. The van der Waals surface area contributed by atoms with Crippen LogP contribution in [0.2, 0.25) is 0 Å². The monoisotopic (exact) mass is 527 g/mol. The molecule has 0 N–H and O–H groups in total. The van der Waals surface area contributed by atoms with Crippen LogP contribution in [0.4, 0.5) is 0 Å². The molecule has 0 aromatic rings. The van der Waals surface area contributed by atoms with E-state index in [1.54, 1.807) is 0 Å². The van der Waals surface area contributed by atoms with E-state index in [9.17, 15) is 38.9 Å². The van der Waals surface area contributed by atoms with Crippen molar-refractivity contribution < 1.29 is 91.8 Å². The van der Waals surface area contributed by atoms with Gasteiger partial charge in [0.05, 0.1) is 19.8 Å². The van der Waals surface area contributed by atoms with Crippen LogP contribution in [0.25, 0.3) is 0 Å². The Morgan fingerprint density at radius 2 is 0.727 bits per heavy atom. The predicted molar refractivity (Wildman–Crippen MR) is 64.0 cm³/mol. The average Bonchev–Trinajstić information content (AvgIpc) is 2.12. The Morgan fingerprint density at radius 1 is 0.591 bits per heavy atom. The molecule has 0 heterocycles. The van der Waals surface area contributed by atoms with Gasteiger partial charge < -0.3 is 13.7 Å². The van der Waals surface area contributed by atoms with E-state index in [0.29, 0.717) is 0 Å². The summed E-state index contributed by atoms with van der Waals surface area (Å²) in [4.78, 5) is 0. The number of hydrogen-bond acceptors (Lipinski definition) is 12. The van der Waals surface area contributed by atoms with E-state index in [2.05, 4.69) is 12.5 Å². The maximum absolute atomic E-state index is 9.45. The van der Waals surface area contributed by atoms with Crippen LogP contribution in [0.5, 0.6) is 0 Å². The second-order valence-electron chi connectivity index (χ2n) is 2.44. The minimum Gasteiger partial charge on any atom is -0.726 e. The molecule has 0 atom stereocenters. The van der Waals surface area contributed by atoms with Crippen LogP contribution in [0.15, 0.2) is 0 Å². The Balaban J connectivity index is -0.000000108. The van der Waals surface area contributed by atoms with E-state index in [4.69, 9.17) is 0 Å². The molecule has 22 heavy (non-hydrogen) atoms. The molecule has 0 saturated heterocycles. The summed E-state index contributed by atoms with van der Waals surface area (Å²) in [6.07, 6.45) is 0. The van der Waals surface area contributed by atoms with E-state index in [1.165, 1.54) is 20.8 Å². The standard InChI is InChI=1S/3C2H6O4S.Sm/c3*1-2-6-7(3,4)5;/h3*2H2,1H3,(H,3,4,5);/q;;;+3/p-3. The van der Waals surface area contributed by atoms with Crippen LogP contribution < -0.4 is 0 Å². The van der Waals surface area contributed by atoms with Gasteiger partial charge in [-0.3, -0.25) is 12.5 Å². The Labute approximate surface area is 162 Å². The fourth-order valence-corrected chi connectivity index (χ4v) is 1.30. The van der Waals surface area contributed by atoms with Gasteiger partial charge >= 0.3 is 40.4 Å². The SMILES string of the molecule is CCOS(=O)(=O)[O-].CCOS(=O)(=O)[O-].CCOS(=O)(=O)[O-].[Sm+3]. The summed E-state index contributed by atoms with van der Waals surface area (Å²) in [5, 5.41) is 0. The third-order valence-corrected chi connectivity index (χ3v) is 2.36. The van der Waals surface area contributed by atoms with Crippen LogP contribution in [0.1, 0.15) is 20.8 Å². The van der Waals surface area contributed by atoms with Gasteiger partial charge in [0.15, 0.2) is 0 Å². The maximum atomic E-state index is 9.45. The van der Waals surface area contributed by atoms with Gasteiger partial charge in [0, 0.05) is 0 Å². The van der Waals surface area contributed by atoms with E-state index in [0.717, 1.165) is 0 Å². The van der Waals surface area contributed by atoms with Gasteiger partial charge in [0.2, 0.25) is 31.2 Å². The Kier molecular flexibility index (Phi) is 21.7. The third-order valence-electron chi connectivity index (χ3n) is 0.787. The summed E-state index contributed by atoms with van der Waals surface area (Å²) in [6.45, 7) is 4.00. The molecule has 0 aliphatic carbocycles. The zero-order valence-corrected chi connectivity index (χ0v) is 16.7. The van der Waals surface area contributed by atoms with Crippen LogP contribution in [0, 0.1) is 40.4 Å². The van der Waals surface area contributed by atoms with Gasteiger partial charge in [0.25, 0.3) is 0 Å². The molecule has 135 valence electrons. The summed E-state index contributed by atoms with van der Waals surface area (Å²) in [5.74, 6) is 0. The molecule has 0 aromatic heterocycles. The van der Waals surface area contributed by atoms with Crippen molar-refractivity contribution in [1.82, 2.24) is 0 Å². The third kappa shape index (κ3) is 49.7. The normalized spacial score (nSPS) is 11.2. The minimum atomic E-state index is -4.42. The molecule has 0 aliphatic rings. The fraction of sp³-hybridized carbons (Fsp3) is 1.00. The predicted octanol–water partition coefficient (Wildman–Crippen LogP) is -1.55. The Hall–Kier alpha value is 0.948. The van der Waals surface area contributed by atoms with Crippen molar-refractivity contribution in [3.63, 3.8) is 0 Å². The van der Waals surface area contributed by atoms with Gasteiger partial charge in [-0.25, -0.2) is 25.3 Å². The van der Waals surface area contributed by atoms with Gasteiger partial charge in [-0.15, -0.1) is 0 Å². The smallest absolute Gasteiger partial charge is 0.726 e. The molecule has 0 bridgehead atoms. The van der Waals surface area contributed by atoms with E-state index in [-0.39, 0.29) is 60.2 Å². The minimum absolute atomic E-state index is 0. The molecule has 0 unspecified atom stereocenters. The first-order valence-corrected chi connectivity index (χ1v) is 8.99. The fourth-order valence-electron chi connectivity index (χ4n) is 0.433. The van der Waals surface area contributed by atoms with Gasteiger partial charge in [-0.1, -0.05) is 0 Å². The first-order chi connectivity index (χ1) is 9.18. The quantitative estimate of drug-likeness (QED) is 0.286. The van der Waals surface area contributed by atoms with Crippen LogP contribution in [0.3, 0.4) is 0 Å². The van der Waals surface area contributed by atoms with Crippen molar-refractivity contribution in [2.75, 3.05) is 19.8 Å². The summed E-state index contributed by atoms with van der Waals surface area (Å²) in [6, 6.07) is 0. The summed E-state index contributed by atoms with van der Waals surface area (Å²) >= 11 is 0. The molecule has 0 aliphatic heterocycles. The summed E-state index contributed by atoms with van der Waals surface area (Å²) in [7, 11) is -13.3. The molecular formula is C6H15O12S3Sm. The van der Waals surface area contributed by atoms with E-state index >= 15 is 0 Å². The van der Waals surface area contributed by atoms with Crippen molar-refractivity contribution in [3.8, 4) is 0 Å². The van der Waals surface area contributed by atoms with Crippen molar-refractivity contribution >= 4 is 31.2 Å². The maximum Gasteiger partial charge on any atom is 3.00 e. The second kappa shape index (κ2) is 15.5. The Morgan fingerprint density at radius 3 is 0.727 bits per heavy atom. The number of rotatable bonds is 6. The number of hydrogen-bond donors (Lipinski definition) is 0. The zero-order chi connectivity index (χ0) is 17.7. The van der Waals surface area contributed by atoms with Gasteiger partial charge in [0.1, 0.15) is 0 Å². The first kappa shape index (κ1) is 30.8. The Bertz CT molecular complexity index is 455. The molecule has 12 nitrogen and oxygen atoms in total. The molecule has 0 amide bonds. The van der Waals surface area contributed by atoms with Crippen molar-refractivity contribution in [1.29, 1.82) is 0 Å². The topological polar surface area (TPSA) is 199 Å². The van der Waals surface area contributed by atoms with Crippen molar-refractivity contribution in [2.24, 2.45) is 0 Å². The molecule has 0 fully saturated rings. The molecular weight excluding hydrogens is 511 g/mol. The van der Waals surface area contributed by atoms with Crippen molar-refractivity contribution in [2.45, 2.75) is 20.8 Å². The van der Waals surface area contributed by atoms with E-state index < -0.39 is 31.2 Å². The van der Waals surface area contributed by atoms with Crippen LogP contribution in [-0.2, 0) is 43.7 Å². The summed E-state index contributed by atoms with van der Waals surface area (Å²) < 4.78 is 96.0. The molecule has 0 saturated carbocycles. The summed E-state index contributed by atoms with van der Waals surface area (Å²) in [5.41, 5.74) is 0. The van der Waals surface area contributed by atoms with Crippen LogP contribution in [-0.4, -0.2) is 58.7 Å². The van der Waals surface area contributed by atoms with Gasteiger partial charge in [-0.2, -0.15) is 0 Å². The van der Waals surface area contributed by atoms with Crippen molar-refractivity contribution in [3.05, 3.63) is 0 Å².